The Morgan fingerprint density at radius 2 is 2.11 bits per heavy atom. The number of nitrogens with zero attached hydrogens (tertiary/aromatic N) is 2. The second-order valence-corrected chi connectivity index (χ2v) is 7.45. The summed E-state index contributed by atoms with van der Waals surface area (Å²) in [6, 6.07) is 7.09. The maximum atomic E-state index is 12.2. The zero-order chi connectivity index (χ0) is 20.7. The minimum Gasteiger partial charge on any atom is -0.494 e. The van der Waals surface area contributed by atoms with Crippen LogP contribution >= 0.6 is 35.6 Å². The summed E-state index contributed by atoms with van der Waals surface area (Å²) in [6.07, 6.45) is 0. The van der Waals surface area contributed by atoms with Gasteiger partial charge in [0, 0.05) is 17.0 Å². The molecule has 0 aliphatic rings. The Kier molecular flexibility index (Phi) is 8.24. The van der Waals surface area contributed by atoms with Crippen LogP contribution in [-0.2, 0) is 16.1 Å². The summed E-state index contributed by atoms with van der Waals surface area (Å²) < 4.78 is 6.36. The maximum Gasteiger partial charge on any atom is 0.264 e. The van der Waals surface area contributed by atoms with Gasteiger partial charge in [0.2, 0.25) is 11.8 Å². The van der Waals surface area contributed by atoms with Crippen LogP contribution < -0.4 is 11.0 Å². The molecule has 0 spiro atoms. The first-order chi connectivity index (χ1) is 13.3. The number of ether oxygens (including phenoxy) is 1. The second-order valence-electron chi connectivity index (χ2n) is 5.58. The van der Waals surface area contributed by atoms with Crippen molar-refractivity contribution in [1.82, 2.24) is 15.0 Å². The number of thioether (sulfide) groups is 1. The third-order valence-electron chi connectivity index (χ3n) is 3.58. The van der Waals surface area contributed by atoms with Crippen LogP contribution in [0.15, 0.2) is 39.1 Å². The van der Waals surface area contributed by atoms with Gasteiger partial charge in [-0.2, -0.15) is 5.10 Å². The highest BCUT2D eigenvalue weighted by Gasteiger charge is 2.16. The summed E-state index contributed by atoms with van der Waals surface area (Å²) in [5.41, 5.74) is 1.85. The standard InChI is InChI=1S/C17H19ClN4O4S2/c1-10(14-15(24)19-17(27)22(16(14)25)7-8-26-2)20-21-13(23)9-28-12-5-3-11(18)4-6-12/h3-6,25H,7-9H2,1-2H3,(H,21,23)(H,19,24,27). The number of hydrogen-bond donors (Lipinski definition) is 3. The van der Waals surface area contributed by atoms with Gasteiger partial charge in [-0.15, -0.1) is 11.8 Å². The number of carbonyl (C=O) groups excluding carboxylic acids is 1. The molecule has 0 aliphatic heterocycles. The van der Waals surface area contributed by atoms with Gasteiger partial charge in [-0.05, 0) is 43.4 Å². The highest BCUT2D eigenvalue weighted by Crippen LogP contribution is 2.20. The lowest BCUT2D eigenvalue weighted by Gasteiger charge is -2.12. The number of aromatic nitrogens is 2. The molecular weight excluding hydrogens is 424 g/mol. The van der Waals surface area contributed by atoms with Gasteiger partial charge in [0.05, 0.1) is 24.6 Å². The van der Waals surface area contributed by atoms with E-state index in [2.05, 4.69) is 15.5 Å². The monoisotopic (exact) mass is 442 g/mol. The summed E-state index contributed by atoms with van der Waals surface area (Å²) in [7, 11) is 1.51. The number of nitrogens with one attached hydrogen (secondary N) is 2. The number of aromatic hydroxyl groups is 1. The van der Waals surface area contributed by atoms with Gasteiger partial charge in [-0.25, -0.2) is 5.43 Å². The van der Waals surface area contributed by atoms with E-state index >= 15 is 0 Å². The van der Waals surface area contributed by atoms with Gasteiger partial charge in [0.1, 0.15) is 5.56 Å². The van der Waals surface area contributed by atoms with Gasteiger partial charge in [0.15, 0.2) is 4.77 Å². The first kappa shape index (κ1) is 22.2. The van der Waals surface area contributed by atoms with Crippen molar-refractivity contribution >= 4 is 47.2 Å². The maximum absolute atomic E-state index is 12.2. The molecule has 1 aromatic heterocycles. The Balaban J connectivity index is 2.09. The third kappa shape index (κ3) is 5.93. The van der Waals surface area contributed by atoms with Crippen LogP contribution in [0.2, 0.25) is 5.02 Å². The Morgan fingerprint density at radius 3 is 2.75 bits per heavy atom. The number of amides is 1. The number of hydrazone groups is 1. The van der Waals surface area contributed by atoms with Gasteiger partial charge in [0.25, 0.3) is 5.56 Å². The number of benzene rings is 1. The lowest BCUT2D eigenvalue weighted by Crippen LogP contribution is -2.26. The van der Waals surface area contributed by atoms with Crippen molar-refractivity contribution in [2.75, 3.05) is 19.5 Å². The van der Waals surface area contributed by atoms with Crippen LogP contribution in [0, 0.1) is 4.77 Å². The Hall–Kier alpha value is -2.14. The average Bonchev–Trinajstić information content (AvgIpc) is 2.65. The summed E-state index contributed by atoms with van der Waals surface area (Å²) in [5, 5.41) is 14.9. The van der Waals surface area contributed by atoms with Gasteiger partial charge in [-0.3, -0.25) is 19.1 Å². The molecule has 0 aliphatic carbocycles. The molecule has 2 aromatic rings. The molecule has 150 valence electrons. The molecule has 0 saturated heterocycles. The first-order valence-corrected chi connectivity index (χ1v) is 9.87. The van der Waals surface area contributed by atoms with E-state index in [1.807, 2.05) is 12.1 Å². The molecule has 0 radical (unpaired) electrons. The van der Waals surface area contributed by atoms with Gasteiger partial charge >= 0.3 is 0 Å². The van der Waals surface area contributed by atoms with E-state index in [9.17, 15) is 14.7 Å². The molecule has 0 atom stereocenters. The molecule has 8 nitrogen and oxygen atoms in total. The zero-order valence-corrected chi connectivity index (χ0v) is 17.6. The van der Waals surface area contributed by atoms with Crippen molar-refractivity contribution in [3.63, 3.8) is 0 Å². The second kappa shape index (κ2) is 10.4. The molecule has 11 heteroatoms. The Morgan fingerprint density at radius 1 is 1.43 bits per heavy atom. The van der Waals surface area contributed by atoms with Crippen molar-refractivity contribution in [3.8, 4) is 5.88 Å². The molecule has 28 heavy (non-hydrogen) atoms. The minimum atomic E-state index is -0.595. The number of carbonyl (C=O) groups is 1. The van der Waals surface area contributed by atoms with Crippen LogP contribution in [0.3, 0.4) is 0 Å². The fraction of sp³-hybridized carbons (Fsp3) is 0.294. The normalized spacial score (nSPS) is 11.5. The van der Waals surface area contributed by atoms with Crippen molar-refractivity contribution < 1.29 is 14.6 Å². The van der Waals surface area contributed by atoms with Crippen molar-refractivity contribution in [1.29, 1.82) is 0 Å². The number of aromatic amines is 1. The smallest absolute Gasteiger partial charge is 0.264 e. The number of rotatable bonds is 8. The molecule has 0 fully saturated rings. The van der Waals surface area contributed by atoms with Crippen LogP contribution in [0.5, 0.6) is 5.88 Å². The van der Waals surface area contributed by atoms with Gasteiger partial charge < -0.3 is 9.84 Å². The molecule has 1 aromatic carbocycles. The van der Waals surface area contributed by atoms with E-state index in [1.165, 1.54) is 30.4 Å². The highest BCUT2D eigenvalue weighted by atomic mass is 35.5. The molecule has 1 amide bonds. The van der Waals surface area contributed by atoms with Crippen LogP contribution in [0.4, 0.5) is 0 Å². The third-order valence-corrected chi connectivity index (χ3v) is 5.17. The van der Waals surface area contributed by atoms with E-state index in [0.717, 1.165) is 4.90 Å². The van der Waals surface area contributed by atoms with Gasteiger partial charge in [-0.1, -0.05) is 11.6 Å². The summed E-state index contributed by atoms with van der Waals surface area (Å²) in [5.74, 6) is -0.570. The fourth-order valence-corrected chi connectivity index (χ4v) is 3.28. The van der Waals surface area contributed by atoms with E-state index in [0.29, 0.717) is 11.6 Å². The SMILES string of the molecule is COCCn1c(O)c(C(C)=NNC(=O)CSc2ccc(Cl)cc2)c(=O)[nH]c1=S. The van der Waals surface area contributed by atoms with Crippen molar-refractivity contribution in [2.24, 2.45) is 5.10 Å². The molecule has 1 heterocycles. The van der Waals surface area contributed by atoms with Crippen LogP contribution in [0.1, 0.15) is 12.5 Å². The predicted octanol–water partition coefficient (Wildman–Crippen LogP) is 2.54. The number of H-pyrrole nitrogens is 1. The largest absolute Gasteiger partial charge is 0.494 e. The van der Waals surface area contributed by atoms with E-state index in [1.54, 1.807) is 12.1 Å². The minimum absolute atomic E-state index is 0.0690. The molecule has 3 N–H and O–H groups in total. The molecule has 0 saturated carbocycles. The molecule has 0 bridgehead atoms. The number of methoxy groups -OCH3 is 1. The zero-order valence-electron chi connectivity index (χ0n) is 15.2. The quantitative estimate of drug-likeness (QED) is 0.251. The summed E-state index contributed by atoms with van der Waals surface area (Å²) >= 11 is 12.2. The van der Waals surface area contributed by atoms with E-state index in [4.69, 9.17) is 28.6 Å². The lowest BCUT2D eigenvalue weighted by atomic mass is 10.2. The Bertz CT molecular complexity index is 986. The average molecular weight is 443 g/mol. The lowest BCUT2D eigenvalue weighted by molar-refractivity contribution is -0.118. The Labute approximate surface area is 175 Å². The van der Waals surface area contributed by atoms with Crippen molar-refractivity contribution in [3.05, 3.63) is 50.0 Å². The summed E-state index contributed by atoms with van der Waals surface area (Å²) in [6.45, 7) is 2.05. The van der Waals surface area contributed by atoms with Crippen molar-refractivity contribution in [2.45, 2.75) is 18.4 Å². The molecular formula is C17H19ClN4O4S2. The first-order valence-electron chi connectivity index (χ1n) is 8.10. The van der Waals surface area contributed by atoms with E-state index < -0.39 is 5.56 Å². The fourth-order valence-electron chi connectivity index (χ4n) is 2.19. The highest BCUT2D eigenvalue weighted by molar-refractivity contribution is 8.00. The van der Waals surface area contributed by atoms with Crippen LogP contribution in [0.25, 0.3) is 0 Å². The molecule has 0 unspecified atom stereocenters. The number of hydrogen-bond acceptors (Lipinski definition) is 7. The topological polar surface area (TPSA) is 109 Å². The molecule has 2 rings (SSSR count). The van der Waals surface area contributed by atoms with Crippen LogP contribution in [-0.4, -0.2) is 45.7 Å². The van der Waals surface area contributed by atoms with E-state index in [-0.39, 0.29) is 40.1 Å². The predicted molar refractivity (Wildman–Crippen MR) is 112 cm³/mol. The summed E-state index contributed by atoms with van der Waals surface area (Å²) in [4.78, 5) is 27.5. The number of halogens is 1.